The Labute approximate surface area is 451 Å². The van der Waals surface area contributed by atoms with Crippen molar-refractivity contribution in [3.05, 3.63) is 42.0 Å². The number of rotatable bonds is 27. The number of aromatic amines is 1. The molecule has 75 heavy (non-hydrogen) atoms. The molecule has 0 spiro atoms. The van der Waals surface area contributed by atoms with Crippen LogP contribution in [-0.4, -0.2) is 166 Å². The third kappa shape index (κ3) is 15.2. The first kappa shape index (κ1) is 60.5. The Morgan fingerprint density at radius 2 is 1.75 bits per heavy atom. The zero-order valence-electron chi connectivity index (χ0n) is 44.4. The van der Waals surface area contributed by atoms with Crippen LogP contribution < -0.4 is 26.6 Å². The van der Waals surface area contributed by atoms with Crippen molar-refractivity contribution in [2.45, 2.75) is 158 Å². The molecule has 2 saturated heterocycles. The maximum absolute atomic E-state index is 13.3. The fourth-order valence-corrected chi connectivity index (χ4v) is 10.4. The lowest BCUT2D eigenvalue weighted by Crippen LogP contribution is -2.66. The molecule has 5 rings (SSSR count). The number of imidazole rings is 1. The van der Waals surface area contributed by atoms with Crippen LogP contribution in [0.1, 0.15) is 118 Å². The average molecular weight is 1160 g/mol. The third-order valence-electron chi connectivity index (χ3n) is 14.1. The lowest BCUT2D eigenvalue weighted by atomic mass is 9.85. The van der Waals surface area contributed by atoms with Crippen molar-refractivity contribution in [1.82, 2.24) is 45.7 Å². The van der Waals surface area contributed by atoms with Crippen LogP contribution in [0.4, 0.5) is 16.3 Å². The lowest BCUT2D eigenvalue weighted by molar-refractivity contribution is -0.185. The predicted molar refractivity (Wildman–Crippen MR) is 286 cm³/mol. The van der Waals surface area contributed by atoms with Crippen molar-refractivity contribution >= 4 is 87.2 Å². The van der Waals surface area contributed by atoms with Gasteiger partial charge in [-0.1, -0.05) is 89.6 Å². The number of H-pyrrole nitrogens is 1. The van der Waals surface area contributed by atoms with Gasteiger partial charge in [-0.25, -0.2) is 19.7 Å². The zero-order chi connectivity index (χ0) is 55.4. The summed E-state index contributed by atoms with van der Waals surface area (Å²) >= 11 is 2.30. The van der Waals surface area contributed by atoms with Crippen LogP contribution in [0.2, 0.25) is 0 Å². The molecule has 6 amide bonds. The molecule has 0 aliphatic carbocycles. The van der Waals surface area contributed by atoms with Crippen LogP contribution in [0, 0.1) is 17.8 Å². The SMILES string of the molecule is CCCC(I)(CC)C1CC(=O)N(CCC(=O)N[C@@](C=O)(CN[C@@H](C)C(=O)Nc2ccc(COC(=O)N(C)CC(=O)N[C@@H]3[C@@H](O)[C@H](O)[C@H](Nc4ncnc5nc(C(CC)CC(C)C)[nH]c45)O[C@H]3CO)cc2)C(C)C)C1=O. The molecule has 0 bridgehead atoms. The van der Waals surface area contributed by atoms with Gasteiger partial charge in [0, 0.05) is 48.0 Å². The number of hydrogen-bond acceptors (Lipinski definition) is 17. The number of nitrogens with one attached hydrogen (secondary N) is 6. The molecule has 0 saturated carbocycles. The molecular weight excluding hydrogens is 1090 g/mol. The second kappa shape index (κ2) is 27.1. The first-order chi connectivity index (χ1) is 35.5. The number of anilines is 2. The van der Waals surface area contributed by atoms with Crippen LogP contribution in [-0.2, 0) is 44.8 Å². The number of nitrogens with zero attached hydrogens (tertiary/aromatic N) is 5. The minimum absolute atomic E-state index is 0.0914. The van der Waals surface area contributed by atoms with E-state index in [-0.39, 0.29) is 59.5 Å². The molecule has 0 radical (unpaired) electrons. The molecule has 2 aromatic heterocycles. The first-order valence-corrected chi connectivity index (χ1v) is 26.8. The summed E-state index contributed by atoms with van der Waals surface area (Å²) in [5.74, 6) is -1.55. The van der Waals surface area contributed by atoms with Gasteiger partial charge in [-0.05, 0) is 62.1 Å². The number of halogens is 1. The number of amides is 6. The van der Waals surface area contributed by atoms with Crippen LogP contribution in [0.15, 0.2) is 30.6 Å². The second-order valence-electron chi connectivity index (χ2n) is 20.4. The number of fused-ring (bicyclic) bond motifs is 1. The molecule has 10 atom stereocenters. The summed E-state index contributed by atoms with van der Waals surface area (Å²) < 4.78 is 11.0. The third-order valence-corrected chi connectivity index (χ3v) is 16.2. The van der Waals surface area contributed by atoms with E-state index in [1.165, 1.54) is 13.4 Å². The lowest BCUT2D eigenvalue weighted by Gasteiger charge is -2.42. The Morgan fingerprint density at radius 3 is 2.36 bits per heavy atom. The largest absolute Gasteiger partial charge is 0.445 e. The highest BCUT2D eigenvalue weighted by Crippen LogP contribution is 2.43. The van der Waals surface area contributed by atoms with Gasteiger partial charge in [0.15, 0.2) is 17.7 Å². The molecule has 24 heteroatoms. The van der Waals surface area contributed by atoms with Crippen molar-refractivity contribution in [2.24, 2.45) is 17.8 Å². The fraction of sp³-hybridized carbons (Fsp3) is 0.647. The van der Waals surface area contributed by atoms with Crippen LogP contribution >= 0.6 is 22.6 Å². The van der Waals surface area contributed by atoms with Crippen molar-refractivity contribution in [3.8, 4) is 0 Å². The minimum Gasteiger partial charge on any atom is -0.445 e. The molecule has 2 fully saturated rings. The summed E-state index contributed by atoms with van der Waals surface area (Å²) in [5, 5.41) is 46.7. The molecule has 4 heterocycles. The molecule has 1 aromatic carbocycles. The highest BCUT2D eigenvalue weighted by atomic mass is 127. The quantitative estimate of drug-likeness (QED) is 0.0229. The first-order valence-electron chi connectivity index (χ1n) is 25.7. The number of likely N-dealkylation sites (tertiary alicyclic amines) is 1. The van der Waals surface area contributed by atoms with E-state index in [1.54, 1.807) is 45.0 Å². The number of aldehydes is 1. The highest BCUT2D eigenvalue weighted by Gasteiger charge is 2.49. The number of ether oxygens (including phenoxy) is 2. The van der Waals surface area contributed by atoms with Crippen LogP contribution in [0.5, 0.6) is 0 Å². The molecular formula is C51H76IN11O12. The Morgan fingerprint density at radius 1 is 1.04 bits per heavy atom. The average Bonchev–Trinajstić information content (AvgIpc) is 3.95. The van der Waals surface area contributed by atoms with Crippen molar-refractivity contribution in [2.75, 3.05) is 43.9 Å². The summed E-state index contributed by atoms with van der Waals surface area (Å²) in [5.41, 5.74) is 0.445. The minimum atomic E-state index is -1.61. The van der Waals surface area contributed by atoms with Crippen molar-refractivity contribution in [3.63, 3.8) is 0 Å². The number of alkyl halides is 1. The molecule has 2 aliphatic heterocycles. The molecule has 3 aromatic rings. The van der Waals surface area contributed by atoms with Gasteiger partial charge in [-0.15, -0.1) is 0 Å². The van der Waals surface area contributed by atoms with E-state index in [4.69, 9.17) is 9.47 Å². The van der Waals surface area contributed by atoms with Gasteiger partial charge in [0.1, 0.15) is 61.0 Å². The normalized spacial score (nSPS) is 22.3. The Bertz CT molecular complexity index is 2460. The van der Waals surface area contributed by atoms with Gasteiger partial charge < -0.3 is 66.1 Å². The number of carbonyl (C=O) groups is 7. The van der Waals surface area contributed by atoms with Crippen LogP contribution in [0.3, 0.4) is 0 Å². The van der Waals surface area contributed by atoms with E-state index in [9.17, 15) is 48.9 Å². The molecule has 414 valence electrons. The summed E-state index contributed by atoms with van der Waals surface area (Å²) in [4.78, 5) is 110. The van der Waals surface area contributed by atoms with Gasteiger partial charge in [-0.3, -0.25) is 28.9 Å². The Balaban J connectivity index is 1.06. The van der Waals surface area contributed by atoms with Gasteiger partial charge in [0.05, 0.1) is 24.6 Å². The highest BCUT2D eigenvalue weighted by molar-refractivity contribution is 14.1. The summed E-state index contributed by atoms with van der Waals surface area (Å²) in [6.07, 6.45) is -0.493. The molecule has 2 aliphatic rings. The van der Waals surface area contributed by atoms with E-state index >= 15 is 0 Å². The number of likely N-dealkylation sites (N-methyl/N-ethyl adjacent to an activating group) is 1. The number of aliphatic hydroxyl groups is 3. The fourth-order valence-electron chi connectivity index (χ4n) is 9.33. The van der Waals surface area contributed by atoms with Crippen molar-refractivity contribution in [1.29, 1.82) is 0 Å². The topological polar surface area (TPSA) is 320 Å². The number of hydrogen-bond donors (Lipinski definition) is 9. The Hall–Kier alpha value is -5.41. The number of benzene rings is 1. The summed E-state index contributed by atoms with van der Waals surface area (Å²) in [7, 11) is 1.33. The monoisotopic (exact) mass is 1160 g/mol. The number of carbonyl (C=O) groups excluding carboxylic acids is 7. The smallest absolute Gasteiger partial charge is 0.410 e. The number of imide groups is 1. The summed E-state index contributed by atoms with van der Waals surface area (Å²) in [6, 6.07) is 4.36. The van der Waals surface area contributed by atoms with E-state index in [1.807, 2.05) is 13.8 Å². The van der Waals surface area contributed by atoms with Crippen LogP contribution in [0.25, 0.3) is 11.2 Å². The number of aromatic nitrogens is 4. The van der Waals surface area contributed by atoms with Gasteiger partial charge in [0.2, 0.25) is 29.5 Å². The molecule has 9 N–H and O–H groups in total. The van der Waals surface area contributed by atoms with Gasteiger partial charge in [0.25, 0.3) is 0 Å². The standard InChI is InChI=1S/C51H76IN11O12/c1-10-18-50(52,12-3)34-21-38(68)63(48(34)72)19-17-36(66)61-51(26-65,29(6)7)25-53-30(8)46(71)56-33-15-13-31(14-16-33)24-74-49(73)62(9)22-37(67)57-39-35(23-64)75-47(42(70)41(39)69)60-45-40-44(54-27-55-45)59-43(58-40)32(11-2)20-28(4)5/h13-16,26-30,32,34-35,39,41-42,47,53,64,69-70H,10-12,17-25H2,1-9H3,(H,56,71)(H,57,67)(H,61,66)(H2,54,55,58,59,60)/t30-,32?,34?,35-,39-,41+,42-,47+,50?,51+/m0/s1. The van der Waals surface area contributed by atoms with E-state index in [0.717, 1.165) is 47.7 Å². The Kier molecular flexibility index (Phi) is 21.8. The molecule has 3 unspecified atom stereocenters. The van der Waals surface area contributed by atoms with Crippen molar-refractivity contribution < 1.29 is 58.4 Å². The zero-order valence-corrected chi connectivity index (χ0v) is 46.5. The van der Waals surface area contributed by atoms with E-state index < -0.39 is 91.0 Å². The predicted octanol–water partition coefficient (Wildman–Crippen LogP) is 3.27. The van der Waals surface area contributed by atoms with E-state index in [0.29, 0.717) is 34.6 Å². The summed E-state index contributed by atoms with van der Waals surface area (Å²) in [6.45, 7) is 14.0. The van der Waals surface area contributed by atoms with E-state index in [2.05, 4.69) is 89.9 Å². The van der Waals surface area contributed by atoms with Gasteiger partial charge >= 0.3 is 6.09 Å². The second-order valence-corrected chi connectivity index (χ2v) is 22.5. The molecule has 23 nitrogen and oxygen atoms in total. The maximum atomic E-state index is 13.3. The maximum Gasteiger partial charge on any atom is 0.410 e. The number of aliphatic hydroxyl groups excluding tert-OH is 3. The van der Waals surface area contributed by atoms with Gasteiger partial charge in [-0.2, -0.15) is 0 Å².